The number of nitrogens with two attached hydrogens (primary N) is 2. The molecule has 0 saturated heterocycles. The van der Waals surface area contributed by atoms with Crippen LogP contribution in [0.15, 0.2) is 43.0 Å². The van der Waals surface area contributed by atoms with Crippen LogP contribution in [-0.4, -0.2) is 79.6 Å². The number of hydrogen-bond acceptors (Lipinski definition) is 8. The molecule has 1 aromatic carbocycles. The molecular weight excluding hydrogens is 528 g/mol. The zero-order chi connectivity index (χ0) is 28.5. The van der Waals surface area contributed by atoms with E-state index in [1.807, 2.05) is 24.3 Å². The fraction of sp³-hybridized carbons (Fsp3) is 0.333. The van der Waals surface area contributed by atoms with Gasteiger partial charge < -0.3 is 42.5 Å². The second-order valence-electron chi connectivity index (χ2n) is 8.83. The summed E-state index contributed by atoms with van der Waals surface area (Å²) < 4.78 is 0. The van der Waals surface area contributed by atoms with Gasteiger partial charge in [-0.25, -0.2) is 9.78 Å². The quantitative estimate of drug-likeness (QED) is 0.104. The normalized spacial score (nSPS) is 14.1. The Balaban J connectivity index is 1.80. The molecule has 0 aliphatic heterocycles. The number of hydrogen-bond donors (Lipinski definition) is 9. The number of carboxylic acids is 1. The zero-order valence-corrected chi connectivity index (χ0v) is 21.6. The lowest BCUT2D eigenvalue weighted by Gasteiger charge is -2.24. The number of para-hydroxylation sites is 1. The van der Waals surface area contributed by atoms with Crippen LogP contribution < -0.4 is 27.4 Å². The third-order valence-electron chi connectivity index (χ3n) is 5.90. The number of aliphatic carboxylic acids is 1. The largest absolute Gasteiger partial charge is 0.480 e. The molecular formula is C24H30N8O6S. The van der Waals surface area contributed by atoms with Crippen molar-refractivity contribution in [1.82, 2.24) is 30.9 Å². The van der Waals surface area contributed by atoms with Crippen LogP contribution in [0.1, 0.15) is 17.7 Å². The average Bonchev–Trinajstić information content (AvgIpc) is 3.55. The topological polar surface area (TPSA) is 238 Å². The van der Waals surface area contributed by atoms with Gasteiger partial charge in [-0.15, -0.1) is 0 Å². The Kier molecular flexibility index (Phi) is 10.1. The van der Waals surface area contributed by atoms with Crippen molar-refractivity contribution in [2.45, 2.75) is 43.4 Å². The predicted molar refractivity (Wildman–Crippen MR) is 143 cm³/mol. The molecule has 4 amide bonds. The zero-order valence-electron chi connectivity index (χ0n) is 20.7. The van der Waals surface area contributed by atoms with Gasteiger partial charge in [-0.3, -0.25) is 19.2 Å². The summed E-state index contributed by atoms with van der Waals surface area (Å²) in [7, 11) is 0. The molecule has 3 aromatic rings. The lowest BCUT2D eigenvalue weighted by atomic mass is 10.0. The summed E-state index contributed by atoms with van der Waals surface area (Å²) in [6.07, 6.45) is 4.03. The highest BCUT2D eigenvalue weighted by Crippen LogP contribution is 2.19. The minimum absolute atomic E-state index is 0.00636. The van der Waals surface area contributed by atoms with Gasteiger partial charge >= 0.3 is 5.97 Å². The van der Waals surface area contributed by atoms with Crippen LogP contribution >= 0.6 is 12.6 Å². The number of nitrogens with zero attached hydrogens (tertiary/aromatic N) is 1. The monoisotopic (exact) mass is 558 g/mol. The number of benzene rings is 1. The minimum Gasteiger partial charge on any atom is -0.480 e. The molecule has 0 spiro atoms. The summed E-state index contributed by atoms with van der Waals surface area (Å²) >= 11 is 4.11. The van der Waals surface area contributed by atoms with E-state index in [1.54, 1.807) is 6.20 Å². The van der Waals surface area contributed by atoms with E-state index < -0.39 is 60.2 Å². The Labute approximate surface area is 228 Å². The van der Waals surface area contributed by atoms with Gasteiger partial charge in [0.2, 0.25) is 23.6 Å². The molecule has 39 heavy (non-hydrogen) atoms. The highest BCUT2D eigenvalue weighted by atomic mass is 32.1. The fourth-order valence-electron chi connectivity index (χ4n) is 3.87. The molecule has 4 unspecified atom stereocenters. The Morgan fingerprint density at radius 3 is 2.26 bits per heavy atom. The van der Waals surface area contributed by atoms with E-state index in [1.165, 1.54) is 12.5 Å². The second-order valence-corrected chi connectivity index (χ2v) is 9.19. The number of rotatable bonds is 14. The SMILES string of the molecule is NC(=O)CC(N)C(=O)NC(CS)C(=O)NC(Cc1c[nH]c2ccccc12)C(=O)NC(Cc1cnc[nH]1)C(=O)O. The number of thiol groups is 1. The van der Waals surface area contributed by atoms with Crippen LogP contribution in [0.2, 0.25) is 0 Å². The van der Waals surface area contributed by atoms with Crippen LogP contribution in [0.3, 0.4) is 0 Å². The van der Waals surface area contributed by atoms with E-state index in [-0.39, 0.29) is 18.6 Å². The molecule has 15 heteroatoms. The summed E-state index contributed by atoms with van der Waals surface area (Å²) in [6.45, 7) is 0. The first-order valence-electron chi connectivity index (χ1n) is 11.9. The van der Waals surface area contributed by atoms with Crippen LogP contribution in [0, 0.1) is 0 Å². The summed E-state index contributed by atoms with van der Waals surface area (Å²) in [5.41, 5.74) is 12.7. The summed E-state index contributed by atoms with van der Waals surface area (Å²) in [4.78, 5) is 71.5. The second kappa shape index (κ2) is 13.4. The Hall–Kier alpha value is -4.37. The van der Waals surface area contributed by atoms with Gasteiger partial charge in [-0.2, -0.15) is 12.6 Å². The molecule has 3 rings (SSSR count). The van der Waals surface area contributed by atoms with Gasteiger partial charge in [0, 0.05) is 47.6 Å². The van der Waals surface area contributed by atoms with E-state index in [4.69, 9.17) is 11.5 Å². The highest BCUT2D eigenvalue weighted by molar-refractivity contribution is 7.80. The van der Waals surface area contributed by atoms with Crippen LogP contribution in [0.4, 0.5) is 0 Å². The van der Waals surface area contributed by atoms with E-state index in [0.717, 1.165) is 10.9 Å². The number of H-pyrrole nitrogens is 2. The van der Waals surface area contributed by atoms with Crippen molar-refractivity contribution in [2.75, 3.05) is 5.75 Å². The van der Waals surface area contributed by atoms with Crippen LogP contribution in [-0.2, 0) is 36.8 Å². The first-order valence-corrected chi connectivity index (χ1v) is 12.5. The summed E-state index contributed by atoms with van der Waals surface area (Å²) in [6, 6.07) is 2.32. The Morgan fingerprint density at radius 1 is 0.949 bits per heavy atom. The number of aromatic nitrogens is 3. The standard InChI is InChI=1S/C24H30N8O6S/c25-15(7-20(26)33)21(34)32-19(10-39)23(36)30-17(5-12-8-28-16-4-2-1-3-14(12)16)22(35)31-18(24(37)38)6-13-9-27-11-29-13/h1-4,8-9,11,15,17-19,28,39H,5-7,10,25H2,(H2,26,33)(H,27,29)(H,30,36)(H,31,35)(H,32,34)(H,37,38). The number of amides is 4. The molecule has 0 bridgehead atoms. The lowest BCUT2D eigenvalue weighted by Crippen LogP contribution is -2.58. The Morgan fingerprint density at radius 2 is 1.62 bits per heavy atom. The van der Waals surface area contributed by atoms with E-state index >= 15 is 0 Å². The number of primary amides is 1. The first-order chi connectivity index (χ1) is 18.6. The molecule has 208 valence electrons. The molecule has 2 heterocycles. The maximum Gasteiger partial charge on any atom is 0.326 e. The molecule has 14 nitrogen and oxygen atoms in total. The number of carbonyl (C=O) groups excluding carboxylic acids is 4. The molecule has 4 atom stereocenters. The van der Waals surface area contributed by atoms with E-state index in [0.29, 0.717) is 11.3 Å². The molecule has 0 aliphatic rings. The first kappa shape index (κ1) is 29.2. The van der Waals surface area contributed by atoms with E-state index in [2.05, 4.69) is 43.5 Å². The summed E-state index contributed by atoms with van der Waals surface area (Å²) in [5, 5.41) is 17.9. The van der Waals surface area contributed by atoms with Gasteiger partial charge in [0.25, 0.3) is 0 Å². The molecule has 2 aromatic heterocycles. The van der Waals surface area contributed by atoms with Gasteiger partial charge in [0.05, 0.1) is 18.8 Å². The number of aromatic amines is 2. The predicted octanol–water partition coefficient (Wildman–Crippen LogP) is -1.65. The third kappa shape index (κ3) is 8.05. The molecule has 0 fully saturated rings. The minimum atomic E-state index is -1.31. The molecule has 0 aliphatic carbocycles. The smallest absolute Gasteiger partial charge is 0.326 e. The fourth-order valence-corrected chi connectivity index (χ4v) is 4.13. The van der Waals surface area contributed by atoms with Crippen molar-refractivity contribution in [2.24, 2.45) is 11.5 Å². The van der Waals surface area contributed by atoms with Crippen molar-refractivity contribution in [3.63, 3.8) is 0 Å². The van der Waals surface area contributed by atoms with Crippen molar-refractivity contribution in [3.8, 4) is 0 Å². The van der Waals surface area contributed by atoms with Gasteiger partial charge in [0.1, 0.15) is 18.1 Å². The number of carbonyl (C=O) groups is 5. The van der Waals surface area contributed by atoms with Crippen molar-refractivity contribution >= 4 is 53.1 Å². The maximum absolute atomic E-state index is 13.3. The molecule has 0 saturated carbocycles. The average molecular weight is 559 g/mol. The van der Waals surface area contributed by atoms with E-state index in [9.17, 15) is 29.1 Å². The van der Waals surface area contributed by atoms with Gasteiger partial charge in [-0.1, -0.05) is 18.2 Å². The number of carboxylic acid groups (broad SMARTS) is 1. The number of fused-ring (bicyclic) bond motifs is 1. The van der Waals surface area contributed by atoms with Crippen LogP contribution in [0.5, 0.6) is 0 Å². The highest BCUT2D eigenvalue weighted by Gasteiger charge is 2.31. The number of imidazole rings is 1. The van der Waals surface area contributed by atoms with Gasteiger partial charge in [-0.05, 0) is 11.6 Å². The number of nitrogens with one attached hydrogen (secondary N) is 5. The lowest BCUT2D eigenvalue weighted by molar-refractivity contribution is -0.142. The molecule has 10 N–H and O–H groups in total. The third-order valence-corrected chi connectivity index (χ3v) is 6.26. The maximum atomic E-state index is 13.3. The Bertz CT molecular complexity index is 1330. The molecule has 0 radical (unpaired) electrons. The summed E-state index contributed by atoms with van der Waals surface area (Å²) in [5.74, 6) is -4.53. The van der Waals surface area contributed by atoms with Crippen molar-refractivity contribution in [1.29, 1.82) is 0 Å². The van der Waals surface area contributed by atoms with Crippen molar-refractivity contribution in [3.05, 3.63) is 54.2 Å². The van der Waals surface area contributed by atoms with Crippen molar-refractivity contribution < 1.29 is 29.1 Å². The van der Waals surface area contributed by atoms with Gasteiger partial charge in [0.15, 0.2) is 0 Å². The van der Waals surface area contributed by atoms with Crippen LogP contribution in [0.25, 0.3) is 10.9 Å².